The summed E-state index contributed by atoms with van der Waals surface area (Å²) in [5, 5.41) is 0. The van der Waals surface area contributed by atoms with E-state index in [0.717, 1.165) is 24.7 Å². The minimum atomic E-state index is 0.511. The molecule has 1 atom stereocenters. The highest BCUT2D eigenvalue weighted by Crippen LogP contribution is 2.39. The maximum absolute atomic E-state index is 11.2. The summed E-state index contributed by atoms with van der Waals surface area (Å²) in [7, 11) is 0. The van der Waals surface area contributed by atoms with Gasteiger partial charge in [-0.15, -0.1) is 0 Å². The van der Waals surface area contributed by atoms with E-state index in [1.807, 2.05) is 0 Å². The lowest BCUT2D eigenvalue weighted by Crippen LogP contribution is -2.21. The van der Waals surface area contributed by atoms with Gasteiger partial charge in [-0.1, -0.05) is 19.3 Å². The van der Waals surface area contributed by atoms with Gasteiger partial charge >= 0.3 is 0 Å². The Hall–Kier alpha value is -0.330. The Balaban J connectivity index is 1.85. The van der Waals surface area contributed by atoms with Gasteiger partial charge in [-0.3, -0.25) is 4.79 Å². The summed E-state index contributed by atoms with van der Waals surface area (Å²) in [5.74, 6) is 2.41. The van der Waals surface area contributed by atoms with Gasteiger partial charge in [-0.05, 0) is 31.1 Å². The molecule has 0 bridgehead atoms. The van der Waals surface area contributed by atoms with E-state index < -0.39 is 0 Å². The van der Waals surface area contributed by atoms with Crippen molar-refractivity contribution in [2.45, 2.75) is 51.4 Å². The Labute approximate surface area is 74.5 Å². The third kappa shape index (κ3) is 1.70. The standard InChI is InChI=1S/C11H18O/c12-11-6-2-5-10(7-8-11)9-3-1-4-9/h9-10H,1-8H2. The van der Waals surface area contributed by atoms with E-state index in [1.165, 1.54) is 38.5 Å². The summed E-state index contributed by atoms with van der Waals surface area (Å²) in [4.78, 5) is 11.2. The van der Waals surface area contributed by atoms with Crippen LogP contribution in [0.15, 0.2) is 0 Å². The molecule has 0 radical (unpaired) electrons. The van der Waals surface area contributed by atoms with Gasteiger partial charge in [0.05, 0.1) is 0 Å². The number of ketones is 1. The van der Waals surface area contributed by atoms with E-state index >= 15 is 0 Å². The van der Waals surface area contributed by atoms with Crippen molar-refractivity contribution in [2.24, 2.45) is 11.8 Å². The topological polar surface area (TPSA) is 17.1 Å². The molecule has 0 aromatic rings. The normalized spacial score (nSPS) is 32.7. The highest BCUT2D eigenvalue weighted by Gasteiger charge is 2.28. The second-order valence-corrected chi connectivity index (χ2v) is 4.42. The lowest BCUT2D eigenvalue weighted by Gasteiger charge is -2.33. The molecule has 1 heteroatoms. The molecule has 2 rings (SSSR count). The number of hydrogen-bond acceptors (Lipinski definition) is 1. The van der Waals surface area contributed by atoms with Crippen LogP contribution in [0.25, 0.3) is 0 Å². The highest BCUT2D eigenvalue weighted by molar-refractivity contribution is 5.78. The Morgan fingerprint density at radius 2 is 1.50 bits per heavy atom. The summed E-state index contributed by atoms with van der Waals surface area (Å²) >= 11 is 0. The highest BCUT2D eigenvalue weighted by atomic mass is 16.1. The van der Waals surface area contributed by atoms with Gasteiger partial charge in [0.25, 0.3) is 0 Å². The first-order chi connectivity index (χ1) is 5.86. The summed E-state index contributed by atoms with van der Waals surface area (Å²) in [6, 6.07) is 0. The molecule has 0 saturated heterocycles. The molecule has 12 heavy (non-hydrogen) atoms. The summed E-state index contributed by atoms with van der Waals surface area (Å²) < 4.78 is 0. The molecule has 1 unspecified atom stereocenters. The molecule has 1 nitrogen and oxygen atoms in total. The third-order valence-electron chi connectivity index (χ3n) is 3.64. The van der Waals surface area contributed by atoms with E-state index in [0.29, 0.717) is 5.78 Å². The maximum Gasteiger partial charge on any atom is 0.132 e. The molecule has 0 amide bonds. The molecule has 0 aromatic heterocycles. The monoisotopic (exact) mass is 166 g/mol. The van der Waals surface area contributed by atoms with Crippen LogP contribution in [0.3, 0.4) is 0 Å². The van der Waals surface area contributed by atoms with Crippen molar-refractivity contribution >= 4 is 5.78 Å². The fraction of sp³-hybridized carbons (Fsp3) is 0.909. The van der Waals surface area contributed by atoms with Crippen molar-refractivity contribution in [3.8, 4) is 0 Å². The summed E-state index contributed by atoms with van der Waals surface area (Å²) in [5.41, 5.74) is 0. The van der Waals surface area contributed by atoms with Gasteiger partial charge < -0.3 is 0 Å². The molecular weight excluding hydrogens is 148 g/mol. The van der Waals surface area contributed by atoms with Crippen LogP contribution in [0.5, 0.6) is 0 Å². The lowest BCUT2D eigenvalue weighted by molar-refractivity contribution is -0.119. The minimum Gasteiger partial charge on any atom is -0.300 e. The predicted molar refractivity (Wildman–Crippen MR) is 48.9 cm³/mol. The molecule has 2 fully saturated rings. The van der Waals surface area contributed by atoms with Crippen LogP contribution in [-0.2, 0) is 4.79 Å². The van der Waals surface area contributed by atoms with E-state index in [-0.39, 0.29) is 0 Å². The predicted octanol–water partition coefficient (Wildman–Crippen LogP) is 2.94. The quantitative estimate of drug-likeness (QED) is 0.547. The Morgan fingerprint density at radius 3 is 2.17 bits per heavy atom. The van der Waals surface area contributed by atoms with Crippen molar-refractivity contribution in [3.63, 3.8) is 0 Å². The van der Waals surface area contributed by atoms with E-state index in [4.69, 9.17) is 0 Å². The molecule has 0 aliphatic heterocycles. The first kappa shape index (κ1) is 8.28. The van der Waals surface area contributed by atoms with Crippen molar-refractivity contribution in [2.75, 3.05) is 0 Å². The van der Waals surface area contributed by atoms with E-state index in [2.05, 4.69) is 0 Å². The Bertz CT molecular complexity index is 170. The van der Waals surface area contributed by atoms with Crippen LogP contribution in [0, 0.1) is 11.8 Å². The zero-order valence-electron chi connectivity index (χ0n) is 7.72. The average Bonchev–Trinajstić information content (AvgIpc) is 2.12. The second kappa shape index (κ2) is 3.59. The first-order valence-corrected chi connectivity index (χ1v) is 5.38. The molecule has 2 saturated carbocycles. The number of carbonyl (C=O) groups excluding carboxylic acids is 1. The van der Waals surface area contributed by atoms with Gasteiger partial charge in [0.15, 0.2) is 0 Å². The van der Waals surface area contributed by atoms with Crippen LogP contribution < -0.4 is 0 Å². The Morgan fingerprint density at radius 1 is 0.833 bits per heavy atom. The number of Topliss-reactive ketones (excluding diaryl/α,β-unsaturated/α-hetero) is 1. The Kier molecular flexibility index (Phi) is 2.48. The van der Waals surface area contributed by atoms with Crippen molar-refractivity contribution in [1.82, 2.24) is 0 Å². The van der Waals surface area contributed by atoms with Gasteiger partial charge in [0.1, 0.15) is 5.78 Å². The van der Waals surface area contributed by atoms with E-state index in [9.17, 15) is 4.79 Å². The fourth-order valence-corrected chi connectivity index (χ4v) is 2.56. The minimum absolute atomic E-state index is 0.511. The largest absolute Gasteiger partial charge is 0.300 e. The molecule has 0 N–H and O–H groups in total. The van der Waals surface area contributed by atoms with Gasteiger partial charge in [-0.25, -0.2) is 0 Å². The number of carbonyl (C=O) groups is 1. The molecule has 0 aromatic carbocycles. The zero-order chi connectivity index (χ0) is 8.39. The lowest BCUT2D eigenvalue weighted by atomic mass is 9.73. The molecule has 0 spiro atoms. The van der Waals surface area contributed by atoms with Crippen LogP contribution in [-0.4, -0.2) is 5.78 Å². The summed E-state index contributed by atoms with van der Waals surface area (Å²) in [6.45, 7) is 0. The van der Waals surface area contributed by atoms with Gasteiger partial charge in [0, 0.05) is 12.8 Å². The molecule has 2 aliphatic carbocycles. The number of hydrogen-bond donors (Lipinski definition) is 0. The SMILES string of the molecule is O=C1CCCC(C2CCC2)CC1. The van der Waals surface area contributed by atoms with Crippen LogP contribution >= 0.6 is 0 Å². The molecule has 68 valence electrons. The molecule has 0 heterocycles. The maximum atomic E-state index is 11.2. The number of rotatable bonds is 1. The van der Waals surface area contributed by atoms with Crippen molar-refractivity contribution < 1.29 is 4.79 Å². The summed E-state index contributed by atoms with van der Waals surface area (Å²) in [6.07, 6.45) is 9.76. The van der Waals surface area contributed by atoms with Crippen molar-refractivity contribution in [1.29, 1.82) is 0 Å². The third-order valence-corrected chi connectivity index (χ3v) is 3.64. The van der Waals surface area contributed by atoms with Gasteiger partial charge in [0.2, 0.25) is 0 Å². The molecular formula is C11H18O. The van der Waals surface area contributed by atoms with Gasteiger partial charge in [-0.2, -0.15) is 0 Å². The van der Waals surface area contributed by atoms with Crippen LogP contribution in [0.4, 0.5) is 0 Å². The second-order valence-electron chi connectivity index (χ2n) is 4.42. The van der Waals surface area contributed by atoms with Crippen LogP contribution in [0.2, 0.25) is 0 Å². The fourth-order valence-electron chi connectivity index (χ4n) is 2.56. The smallest absolute Gasteiger partial charge is 0.132 e. The zero-order valence-corrected chi connectivity index (χ0v) is 7.72. The average molecular weight is 166 g/mol. The van der Waals surface area contributed by atoms with Crippen molar-refractivity contribution in [3.05, 3.63) is 0 Å². The van der Waals surface area contributed by atoms with Crippen LogP contribution in [0.1, 0.15) is 51.4 Å². The van der Waals surface area contributed by atoms with E-state index in [1.54, 1.807) is 0 Å². The first-order valence-electron chi connectivity index (χ1n) is 5.38. The molecule has 2 aliphatic rings.